The molecule has 0 bridgehead atoms. The van der Waals surface area contributed by atoms with E-state index in [0.29, 0.717) is 36.3 Å². The van der Waals surface area contributed by atoms with Crippen molar-refractivity contribution in [2.45, 2.75) is 12.0 Å². The van der Waals surface area contributed by atoms with Crippen LogP contribution >= 0.6 is 11.3 Å². The monoisotopic (exact) mass is 369 g/mol. The molecule has 132 valence electrons. The first-order chi connectivity index (χ1) is 12.8. The number of aromatic nitrogens is 2. The lowest BCUT2D eigenvalue weighted by Gasteiger charge is -2.39. The second-order valence-corrected chi connectivity index (χ2v) is 7.05. The number of thiophene rings is 1. The minimum Gasteiger partial charge on any atom is -0.485 e. The highest BCUT2D eigenvalue weighted by molar-refractivity contribution is 7.08. The summed E-state index contributed by atoms with van der Waals surface area (Å²) in [6, 6.07) is 9.32. The Labute approximate surface area is 153 Å². The predicted molar refractivity (Wildman–Crippen MR) is 93.3 cm³/mol. The summed E-state index contributed by atoms with van der Waals surface area (Å²) in [7, 11) is 0. The number of rotatable bonds is 3. The quantitative estimate of drug-likeness (QED) is 0.706. The molecule has 26 heavy (non-hydrogen) atoms. The number of amides is 1. The zero-order valence-corrected chi connectivity index (χ0v) is 14.5. The van der Waals surface area contributed by atoms with Gasteiger partial charge in [0, 0.05) is 24.0 Å². The first kappa shape index (κ1) is 15.4. The fourth-order valence-electron chi connectivity index (χ4n) is 3.07. The van der Waals surface area contributed by atoms with Crippen molar-refractivity contribution in [3.8, 4) is 22.9 Å². The minimum absolute atomic E-state index is 0.0654. The maximum atomic E-state index is 12.6. The molecule has 7 nitrogen and oxygen atoms in total. The molecule has 0 radical (unpaired) electrons. The lowest BCUT2D eigenvalue weighted by atomic mass is 9.99. The molecule has 0 spiro atoms. The van der Waals surface area contributed by atoms with Crippen molar-refractivity contribution in [1.29, 1.82) is 0 Å². The summed E-state index contributed by atoms with van der Waals surface area (Å²) in [6.45, 7) is 1.32. The maximum absolute atomic E-state index is 12.6. The fraction of sp³-hybridized carbons (Fsp3) is 0.278. The van der Waals surface area contributed by atoms with E-state index in [1.54, 1.807) is 22.3 Å². The molecule has 2 aromatic heterocycles. The number of nitrogens with zero attached hydrogens (tertiary/aromatic N) is 3. The average molecular weight is 369 g/mol. The Morgan fingerprint density at radius 1 is 1.19 bits per heavy atom. The third-order valence-corrected chi connectivity index (χ3v) is 5.23. The van der Waals surface area contributed by atoms with Gasteiger partial charge >= 0.3 is 0 Å². The molecule has 1 saturated heterocycles. The summed E-state index contributed by atoms with van der Waals surface area (Å²) in [6.07, 6.45) is -0.616. The van der Waals surface area contributed by atoms with Gasteiger partial charge in [-0.25, -0.2) is 0 Å². The molecule has 0 N–H and O–H groups in total. The number of ether oxygens (including phenoxy) is 2. The van der Waals surface area contributed by atoms with E-state index in [9.17, 15) is 4.79 Å². The number of carbonyl (C=O) groups is 1. The highest BCUT2D eigenvalue weighted by Gasteiger charge is 2.40. The van der Waals surface area contributed by atoms with Gasteiger partial charge in [0.15, 0.2) is 11.5 Å². The zero-order chi connectivity index (χ0) is 17.5. The van der Waals surface area contributed by atoms with Crippen LogP contribution in [0.2, 0.25) is 0 Å². The normalized spacial score (nSPS) is 19.2. The third kappa shape index (κ3) is 2.62. The van der Waals surface area contributed by atoms with Crippen LogP contribution in [0, 0.1) is 0 Å². The Balaban J connectivity index is 1.21. The van der Waals surface area contributed by atoms with E-state index in [0.717, 1.165) is 5.56 Å². The maximum Gasteiger partial charge on any atom is 0.267 e. The van der Waals surface area contributed by atoms with Crippen LogP contribution in [0.15, 0.2) is 45.6 Å². The van der Waals surface area contributed by atoms with Crippen molar-refractivity contribution in [3.05, 3.63) is 47.0 Å². The van der Waals surface area contributed by atoms with Gasteiger partial charge in [-0.05, 0) is 23.6 Å². The average Bonchev–Trinajstić information content (AvgIpc) is 3.31. The zero-order valence-electron chi connectivity index (χ0n) is 13.7. The summed E-state index contributed by atoms with van der Waals surface area (Å²) in [4.78, 5) is 18.8. The Bertz CT molecular complexity index is 934. The van der Waals surface area contributed by atoms with Crippen molar-refractivity contribution in [1.82, 2.24) is 15.0 Å². The Hall–Kier alpha value is -2.87. The van der Waals surface area contributed by atoms with Gasteiger partial charge in [0.1, 0.15) is 6.61 Å². The smallest absolute Gasteiger partial charge is 0.267 e. The summed E-state index contributed by atoms with van der Waals surface area (Å²) < 4.78 is 16.8. The van der Waals surface area contributed by atoms with Crippen LogP contribution in [-0.2, 0) is 4.79 Å². The molecule has 3 aromatic rings. The number of hydrogen-bond donors (Lipinski definition) is 0. The molecule has 1 unspecified atom stereocenters. The number of hydrogen-bond acceptors (Lipinski definition) is 7. The number of carbonyl (C=O) groups excluding carboxylic acids is 1. The van der Waals surface area contributed by atoms with Crippen molar-refractivity contribution in [3.63, 3.8) is 0 Å². The van der Waals surface area contributed by atoms with Crippen LogP contribution in [0.3, 0.4) is 0 Å². The van der Waals surface area contributed by atoms with Crippen LogP contribution in [-0.4, -0.2) is 46.7 Å². The SMILES string of the molecule is O=C(C1COc2ccccc2O1)N1CC(c2nc(-c3ccsc3)no2)C1. The molecule has 1 aromatic carbocycles. The number of likely N-dealkylation sites (tertiary alicyclic amines) is 1. The Kier molecular flexibility index (Phi) is 3.63. The van der Waals surface area contributed by atoms with Crippen LogP contribution in [0.1, 0.15) is 11.8 Å². The first-order valence-corrected chi connectivity index (χ1v) is 9.25. The molecule has 0 saturated carbocycles. The van der Waals surface area contributed by atoms with Gasteiger partial charge in [-0.15, -0.1) is 0 Å². The topological polar surface area (TPSA) is 77.7 Å². The third-order valence-electron chi connectivity index (χ3n) is 4.55. The van der Waals surface area contributed by atoms with Crippen LogP contribution < -0.4 is 9.47 Å². The predicted octanol–water partition coefficient (Wildman–Crippen LogP) is 2.56. The van der Waals surface area contributed by atoms with Gasteiger partial charge in [0.25, 0.3) is 5.91 Å². The van der Waals surface area contributed by atoms with Gasteiger partial charge < -0.3 is 18.9 Å². The lowest BCUT2D eigenvalue weighted by Crippen LogP contribution is -2.55. The van der Waals surface area contributed by atoms with Crippen LogP contribution in [0.5, 0.6) is 11.5 Å². The molecule has 4 heterocycles. The second-order valence-electron chi connectivity index (χ2n) is 6.27. The van der Waals surface area contributed by atoms with Crippen molar-refractivity contribution >= 4 is 17.2 Å². The van der Waals surface area contributed by atoms with Gasteiger partial charge in [0.05, 0.1) is 5.92 Å². The van der Waals surface area contributed by atoms with Gasteiger partial charge in [-0.2, -0.15) is 16.3 Å². The highest BCUT2D eigenvalue weighted by Crippen LogP contribution is 2.33. The Morgan fingerprint density at radius 2 is 2.04 bits per heavy atom. The van der Waals surface area contributed by atoms with E-state index in [-0.39, 0.29) is 18.4 Å². The van der Waals surface area contributed by atoms with E-state index >= 15 is 0 Å². The van der Waals surface area contributed by atoms with E-state index in [1.807, 2.05) is 35.0 Å². The molecule has 5 rings (SSSR count). The van der Waals surface area contributed by atoms with Crippen molar-refractivity contribution in [2.75, 3.05) is 19.7 Å². The van der Waals surface area contributed by atoms with Gasteiger partial charge in [-0.1, -0.05) is 17.3 Å². The van der Waals surface area contributed by atoms with E-state index < -0.39 is 6.10 Å². The molecule has 1 fully saturated rings. The molecule has 1 atom stereocenters. The molecular weight excluding hydrogens is 354 g/mol. The van der Waals surface area contributed by atoms with E-state index in [4.69, 9.17) is 14.0 Å². The van der Waals surface area contributed by atoms with Gasteiger partial charge in [0.2, 0.25) is 17.8 Å². The summed E-state index contributed by atoms with van der Waals surface area (Å²) >= 11 is 1.59. The standard InChI is InChI=1S/C18H15N3O4S/c22-18(15-9-23-13-3-1-2-4-14(13)24-15)21-7-12(8-21)17-19-16(20-25-17)11-5-6-26-10-11/h1-6,10,12,15H,7-9H2. The molecule has 0 aliphatic carbocycles. The summed E-state index contributed by atoms with van der Waals surface area (Å²) in [5.41, 5.74) is 0.948. The van der Waals surface area contributed by atoms with Crippen molar-refractivity contribution < 1.29 is 18.8 Å². The second kappa shape index (κ2) is 6.14. The van der Waals surface area contributed by atoms with Gasteiger partial charge in [-0.3, -0.25) is 4.79 Å². The van der Waals surface area contributed by atoms with E-state index in [1.165, 1.54) is 0 Å². The minimum atomic E-state index is -0.616. The number of benzene rings is 1. The lowest BCUT2D eigenvalue weighted by molar-refractivity contribution is -0.146. The summed E-state index contributed by atoms with van der Waals surface area (Å²) in [5.74, 6) is 2.42. The summed E-state index contributed by atoms with van der Waals surface area (Å²) in [5, 5.41) is 7.97. The Morgan fingerprint density at radius 3 is 2.85 bits per heavy atom. The molecular formula is C18H15N3O4S. The highest BCUT2D eigenvalue weighted by atomic mass is 32.1. The van der Waals surface area contributed by atoms with E-state index in [2.05, 4.69) is 10.1 Å². The first-order valence-electron chi connectivity index (χ1n) is 8.31. The number of fused-ring (bicyclic) bond motifs is 1. The molecule has 8 heteroatoms. The molecule has 2 aliphatic heterocycles. The number of para-hydroxylation sites is 2. The fourth-order valence-corrected chi connectivity index (χ4v) is 3.70. The van der Waals surface area contributed by atoms with Crippen LogP contribution in [0.25, 0.3) is 11.4 Å². The van der Waals surface area contributed by atoms with Crippen molar-refractivity contribution in [2.24, 2.45) is 0 Å². The largest absolute Gasteiger partial charge is 0.485 e. The molecule has 2 aliphatic rings. The molecule has 1 amide bonds. The van der Waals surface area contributed by atoms with Crippen LogP contribution in [0.4, 0.5) is 0 Å².